The molecule has 0 saturated heterocycles. The third kappa shape index (κ3) is 3.93. The Morgan fingerprint density at radius 2 is 1.62 bits per heavy atom. The lowest BCUT2D eigenvalue weighted by atomic mass is 10.0. The molecule has 138 valence electrons. The number of halogens is 2. The molecule has 1 atom stereocenters. The minimum atomic E-state index is -4.66. The molecular weight excluding hydrogens is 360 g/mol. The van der Waals surface area contributed by atoms with E-state index in [0.29, 0.717) is 5.92 Å². The third-order valence-corrected chi connectivity index (χ3v) is 5.89. The van der Waals surface area contributed by atoms with Crippen molar-refractivity contribution < 1.29 is 22.0 Å². The number of amides is 1. The molecule has 7 heteroatoms. The van der Waals surface area contributed by atoms with Gasteiger partial charge in [-0.2, -0.15) is 8.78 Å². The Morgan fingerprint density at radius 3 is 2.12 bits per heavy atom. The maximum atomic E-state index is 12.6. The molecule has 3 rings (SSSR count). The van der Waals surface area contributed by atoms with Crippen LogP contribution < -0.4 is 5.32 Å². The summed E-state index contributed by atoms with van der Waals surface area (Å²) < 4.78 is 48.0. The van der Waals surface area contributed by atoms with E-state index in [2.05, 4.69) is 5.32 Å². The topological polar surface area (TPSA) is 63.2 Å². The molecule has 0 heterocycles. The van der Waals surface area contributed by atoms with Crippen molar-refractivity contribution in [1.82, 2.24) is 5.32 Å². The Bertz CT molecular complexity index is 889. The van der Waals surface area contributed by atoms with Crippen molar-refractivity contribution in [3.63, 3.8) is 0 Å². The van der Waals surface area contributed by atoms with Gasteiger partial charge in [-0.1, -0.05) is 29.8 Å². The Hall–Kier alpha value is -2.28. The van der Waals surface area contributed by atoms with Crippen molar-refractivity contribution in [3.8, 4) is 0 Å². The molecule has 2 aromatic rings. The number of aryl methyl sites for hydroxylation is 1. The van der Waals surface area contributed by atoms with Gasteiger partial charge in [-0.15, -0.1) is 0 Å². The lowest BCUT2D eigenvalue weighted by molar-refractivity contribution is 0.0931. The van der Waals surface area contributed by atoms with Gasteiger partial charge < -0.3 is 5.32 Å². The summed E-state index contributed by atoms with van der Waals surface area (Å²) in [5.41, 5.74) is 2.38. The first-order valence-electron chi connectivity index (χ1n) is 8.28. The van der Waals surface area contributed by atoms with Crippen LogP contribution >= 0.6 is 0 Å². The highest BCUT2D eigenvalue weighted by atomic mass is 32.2. The minimum Gasteiger partial charge on any atom is -0.345 e. The maximum Gasteiger partial charge on any atom is 0.341 e. The number of alkyl halides is 2. The zero-order valence-electron chi connectivity index (χ0n) is 14.2. The number of benzene rings is 2. The van der Waals surface area contributed by atoms with Crippen LogP contribution in [0, 0.1) is 12.8 Å². The van der Waals surface area contributed by atoms with E-state index in [9.17, 15) is 22.0 Å². The van der Waals surface area contributed by atoms with Gasteiger partial charge in [-0.25, -0.2) is 8.42 Å². The fourth-order valence-corrected chi connectivity index (χ4v) is 3.52. The van der Waals surface area contributed by atoms with Crippen molar-refractivity contribution in [3.05, 3.63) is 65.2 Å². The van der Waals surface area contributed by atoms with Crippen LogP contribution in [0.15, 0.2) is 53.4 Å². The fraction of sp³-hybridized carbons (Fsp3) is 0.316. The van der Waals surface area contributed by atoms with Crippen molar-refractivity contribution >= 4 is 15.7 Å². The van der Waals surface area contributed by atoms with Crippen LogP contribution in [-0.4, -0.2) is 20.1 Å². The zero-order chi connectivity index (χ0) is 18.9. The summed E-state index contributed by atoms with van der Waals surface area (Å²) >= 11 is 0. The van der Waals surface area contributed by atoms with Crippen molar-refractivity contribution in [2.24, 2.45) is 5.92 Å². The summed E-state index contributed by atoms with van der Waals surface area (Å²) in [6.45, 7) is 1.99. The molecular formula is C19H19F2NO3S. The average Bonchev–Trinajstić information content (AvgIpc) is 3.45. The summed E-state index contributed by atoms with van der Waals surface area (Å²) in [4.78, 5) is 12.0. The highest BCUT2D eigenvalue weighted by Crippen LogP contribution is 2.41. The molecule has 26 heavy (non-hydrogen) atoms. The maximum absolute atomic E-state index is 12.6. The van der Waals surface area contributed by atoms with Crippen molar-refractivity contribution in [2.45, 2.75) is 36.5 Å². The normalized spacial score (nSPS) is 15.7. The molecule has 4 nitrogen and oxygen atoms in total. The predicted molar refractivity (Wildman–Crippen MR) is 93.7 cm³/mol. The molecule has 1 N–H and O–H groups in total. The van der Waals surface area contributed by atoms with E-state index in [1.54, 1.807) is 0 Å². The third-order valence-electron chi connectivity index (χ3n) is 4.50. The number of carbonyl (C=O) groups excluding carboxylic acids is 1. The number of hydrogen-bond acceptors (Lipinski definition) is 3. The van der Waals surface area contributed by atoms with Crippen LogP contribution in [0.2, 0.25) is 0 Å². The lowest BCUT2D eigenvalue weighted by Gasteiger charge is -2.19. The lowest BCUT2D eigenvalue weighted by Crippen LogP contribution is -2.29. The molecule has 1 saturated carbocycles. The summed E-state index contributed by atoms with van der Waals surface area (Å²) in [6.07, 6.45) is 2.06. The molecule has 0 radical (unpaired) electrons. The van der Waals surface area contributed by atoms with Crippen LogP contribution in [0.3, 0.4) is 0 Å². The van der Waals surface area contributed by atoms with Crippen LogP contribution in [0.5, 0.6) is 0 Å². The molecule has 0 spiro atoms. The van der Waals surface area contributed by atoms with E-state index >= 15 is 0 Å². The van der Waals surface area contributed by atoms with Gasteiger partial charge >= 0.3 is 5.76 Å². The van der Waals surface area contributed by atoms with E-state index in [-0.39, 0.29) is 17.5 Å². The molecule has 0 aromatic heterocycles. The summed E-state index contributed by atoms with van der Waals surface area (Å²) in [6, 6.07) is 12.4. The van der Waals surface area contributed by atoms with Gasteiger partial charge in [0.1, 0.15) is 0 Å². The largest absolute Gasteiger partial charge is 0.345 e. The number of sulfone groups is 1. The quantitative estimate of drug-likeness (QED) is 0.829. The van der Waals surface area contributed by atoms with E-state index in [0.717, 1.165) is 36.1 Å². The number of carbonyl (C=O) groups is 1. The Kier molecular flexibility index (Phi) is 5.09. The van der Waals surface area contributed by atoms with Gasteiger partial charge in [-0.3, -0.25) is 4.79 Å². The van der Waals surface area contributed by atoms with Crippen LogP contribution in [0.1, 0.15) is 40.4 Å². The molecule has 1 aliphatic rings. The van der Waals surface area contributed by atoms with Gasteiger partial charge in [-0.05, 0) is 55.5 Å². The zero-order valence-corrected chi connectivity index (χ0v) is 15.0. The van der Waals surface area contributed by atoms with E-state index in [4.69, 9.17) is 0 Å². The first-order chi connectivity index (χ1) is 12.3. The Morgan fingerprint density at radius 1 is 1.04 bits per heavy atom. The van der Waals surface area contributed by atoms with E-state index in [1.165, 1.54) is 12.1 Å². The van der Waals surface area contributed by atoms with Crippen molar-refractivity contribution in [2.75, 3.05) is 0 Å². The second-order valence-electron chi connectivity index (χ2n) is 6.53. The predicted octanol–water partition coefficient (Wildman–Crippen LogP) is 3.87. The number of rotatable bonds is 6. The molecule has 0 bridgehead atoms. The standard InChI is InChI=1S/C19H19F2NO3S/c1-12-2-4-13(5-3-12)17(14-6-7-14)22-18(23)15-8-10-16(11-9-15)26(24,25)19(20)21/h2-5,8-11,14,17,19H,6-7H2,1H3,(H,22,23). The molecule has 1 amide bonds. The smallest absolute Gasteiger partial charge is 0.341 e. The fourth-order valence-electron chi connectivity index (χ4n) is 2.80. The summed E-state index contributed by atoms with van der Waals surface area (Å²) in [5, 5.41) is 2.98. The summed E-state index contributed by atoms with van der Waals surface area (Å²) in [5.74, 6) is -3.47. The van der Waals surface area contributed by atoms with Gasteiger partial charge in [0.15, 0.2) is 0 Å². The van der Waals surface area contributed by atoms with Crippen molar-refractivity contribution in [1.29, 1.82) is 0 Å². The number of nitrogens with one attached hydrogen (secondary N) is 1. The first-order valence-corrected chi connectivity index (χ1v) is 9.83. The van der Waals surface area contributed by atoms with Gasteiger partial charge in [0.25, 0.3) is 5.91 Å². The molecule has 1 unspecified atom stereocenters. The van der Waals surface area contributed by atoms with Crippen LogP contribution in [0.4, 0.5) is 8.78 Å². The van der Waals surface area contributed by atoms with Crippen LogP contribution in [0.25, 0.3) is 0 Å². The Balaban J connectivity index is 1.77. The Labute approximate surface area is 151 Å². The van der Waals surface area contributed by atoms with Gasteiger partial charge in [0.2, 0.25) is 9.84 Å². The highest BCUT2D eigenvalue weighted by Gasteiger charge is 2.33. The SMILES string of the molecule is Cc1ccc(C(NC(=O)c2ccc(S(=O)(=O)C(F)F)cc2)C2CC2)cc1. The number of hydrogen-bond donors (Lipinski definition) is 1. The minimum absolute atomic E-state index is 0.118. The van der Waals surface area contributed by atoms with E-state index < -0.39 is 20.5 Å². The van der Waals surface area contributed by atoms with Crippen LogP contribution in [-0.2, 0) is 9.84 Å². The van der Waals surface area contributed by atoms with Gasteiger partial charge in [0, 0.05) is 5.56 Å². The molecule has 0 aliphatic heterocycles. The second kappa shape index (κ2) is 7.15. The highest BCUT2D eigenvalue weighted by molar-refractivity contribution is 7.91. The molecule has 1 aliphatic carbocycles. The van der Waals surface area contributed by atoms with E-state index in [1.807, 2.05) is 31.2 Å². The summed E-state index contributed by atoms with van der Waals surface area (Å²) in [7, 11) is -4.66. The molecule has 1 fully saturated rings. The van der Waals surface area contributed by atoms with Gasteiger partial charge in [0.05, 0.1) is 10.9 Å². The second-order valence-corrected chi connectivity index (χ2v) is 8.45. The first kappa shape index (κ1) is 18.5. The molecule has 2 aromatic carbocycles. The average molecular weight is 379 g/mol. The monoisotopic (exact) mass is 379 g/mol.